The number of hydrogen-bond donors (Lipinski definition) is 2. The molecule has 0 saturated heterocycles. The Morgan fingerprint density at radius 2 is 2.15 bits per heavy atom. The predicted molar refractivity (Wildman–Crippen MR) is 102 cm³/mol. The molecule has 1 amide bonds. The van der Waals surface area contributed by atoms with Gasteiger partial charge in [0.2, 0.25) is 0 Å². The molecule has 0 unspecified atom stereocenters. The number of amides is 1. The Morgan fingerprint density at radius 3 is 2.92 bits per heavy atom. The first-order chi connectivity index (χ1) is 12.7. The van der Waals surface area contributed by atoms with E-state index in [0.717, 1.165) is 26.7 Å². The van der Waals surface area contributed by atoms with Crippen LogP contribution in [0.1, 0.15) is 15.9 Å². The number of aryl methyl sites for hydroxylation is 1. The third-order valence-corrected chi connectivity index (χ3v) is 4.82. The van der Waals surface area contributed by atoms with Crippen molar-refractivity contribution in [3.05, 3.63) is 66.1 Å². The van der Waals surface area contributed by atoms with Crippen molar-refractivity contribution in [2.75, 3.05) is 5.32 Å². The summed E-state index contributed by atoms with van der Waals surface area (Å²) in [5.74, 6) is 0.740. The number of benzene rings is 1. The average Bonchev–Trinajstić information content (AvgIpc) is 3.25. The van der Waals surface area contributed by atoms with E-state index in [1.165, 1.54) is 11.3 Å². The number of anilines is 2. The Labute approximate surface area is 153 Å². The summed E-state index contributed by atoms with van der Waals surface area (Å²) in [5.41, 5.74) is 2.42. The summed E-state index contributed by atoms with van der Waals surface area (Å²) < 4.78 is 2.69. The second-order valence-corrected chi connectivity index (χ2v) is 6.74. The van der Waals surface area contributed by atoms with Crippen molar-refractivity contribution >= 4 is 38.4 Å². The average molecular weight is 364 g/mol. The molecule has 26 heavy (non-hydrogen) atoms. The van der Waals surface area contributed by atoms with Crippen molar-refractivity contribution in [1.29, 1.82) is 0 Å². The van der Waals surface area contributed by atoms with Crippen molar-refractivity contribution in [2.24, 2.45) is 7.05 Å². The Bertz CT molecular complexity index is 1060. The number of rotatable bonds is 5. The van der Waals surface area contributed by atoms with Gasteiger partial charge in [0.25, 0.3) is 5.91 Å². The molecule has 0 aliphatic rings. The highest BCUT2D eigenvalue weighted by Gasteiger charge is 2.10. The van der Waals surface area contributed by atoms with Gasteiger partial charge in [-0.2, -0.15) is 5.10 Å². The summed E-state index contributed by atoms with van der Waals surface area (Å²) in [6.07, 6.45) is 5.17. The molecule has 4 rings (SSSR count). The topological polar surface area (TPSA) is 84.7 Å². The normalized spacial score (nSPS) is 10.8. The van der Waals surface area contributed by atoms with Gasteiger partial charge >= 0.3 is 0 Å². The third-order valence-electron chi connectivity index (χ3n) is 3.88. The van der Waals surface area contributed by atoms with Crippen molar-refractivity contribution in [3.63, 3.8) is 0 Å². The van der Waals surface area contributed by atoms with Crippen LogP contribution in [0, 0.1) is 0 Å². The van der Waals surface area contributed by atoms with Crippen molar-refractivity contribution in [3.8, 4) is 0 Å². The zero-order valence-corrected chi connectivity index (χ0v) is 14.8. The van der Waals surface area contributed by atoms with Gasteiger partial charge in [-0.15, -0.1) is 0 Å². The van der Waals surface area contributed by atoms with Gasteiger partial charge in [0.15, 0.2) is 5.13 Å². The van der Waals surface area contributed by atoms with Gasteiger partial charge in [-0.25, -0.2) is 4.98 Å². The first kappa shape index (κ1) is 16.2. The van der Waals surface area contributed by atoms with Crippen LogP contribution < -0.4 is 10.6 Å². The minimum absolute atomic E-state index is 0.120. The maximum atomic E-state index is 12.4. The fourth-order valence-corrected chi connectivity index (χ4v) is 3.42. The Hall–Kier alpha value is -3.26. The summed E-state index contributed by atoms with van der Waals surface area (Å²) in [4.78, 5) is 21.0. The van der Waals surface area contributed by atoms with Crippen LogP contribution in [0.5, 0.6) is 0 Å². The molecule has 0 fully saturated rings. The van der Waals surface area contributed by atoms with Crippen LogP contribution in [0.3, 0.4) is 0 Å². The third kappa shape index (κ3) is 3.40. The molecule has 0 aliphatic heterocycles. The van der Waals surface area contributed by atoms with E-state index in [4.69, 9.17) is 0 Å². The summed E-state index contributed by atoms with van der Waals surface area (Å²) in [6.45, 7) is 0.445. The fraction of sp³-hybridized carbons (Fsp3) is 0.111. The first-order valence-electron chi connectivity index (χ1n) is 8.02. The first-order valence-corrected chi connectivity index (χ1v) is 8.83. The van der Waals surface area contributed by atoms with Gasteiger partial charge in [0.05, 0.1) is 16.4 Å². The van der Waals surface area contributed by atoms with E-state index in [2.05, 4.69) is 25.7 Å². The van der Waals surface area contributed by atoms with E-state index in [0.29, 0.717) is 12.1 Å². The highest BCUT2D eigenvalue weighted by Crippen LogP contribution is 2.28. The number of pyridine rings is 1. The van der Waals surface area contributed by atoms with Crippen LogP contribution in [-0.2, 0) is 13.6 Å². The van der Waals surface area contributed by atoms with Crippen molar-refractivity contribution in [1.82, 2.24) is 25.1 Å². The molecule has 4 aromatic rings. The smallest absolute Gasteiger partial charge is 0.251 e. The maximum absolute atomic E-state index is 12.4. The fourth-order valence-electron chi connectivity index (χ4n) is 2.51. The van der Waals surface area contributed by atoms with Gasteiger partial charge < -0.3 is 10.6 Å². The molecule has 0 aliphatic carbocycles. The van der Waals surface area contributed by atoms with E-state index in [-0.39, 0.29) is 5.91 Å². The standard InChI is InChI=1S/C18H16N6OS/c1-24-16(6-8-21-24)23-18-22-14-5-4-13(9-15(14)26-18)17(25)20-11-12-3-2-7-19-10-12/h2-10H,11H2,1H3,(H,20,25)(H,22,23). The number of carbonyl (C=O) groups excluding carboxylic acids is 1. The summed E-state index contributed by atoms with van der Waals surface area (Å²) in [6, 6.07) is 11.2. The van der Waals surface area contributed by atoms with Crippen LogP contribution in [0.25, 0.3) is 10.2 Å². The molecule has 7 nitrogen and oxygen atoms in total. The number of fused-ring (bicyclic) bond motifs is 1. The van der Waals surface area contributed by atoms with Crippen LogP contribution in [-0.4, -0.2) is 25.7 Å². The Kier molecular flexibility index (Phi) is 4.32. The van der Waals surface area contributed by atoms with E-state index in [9.17, 15) is 4.79 Å². The highest BCUT2D eigenvalue weighted by atomic mass is 32.1. The number of nitrogens with zero attached hydrogens (tertiary/aromatic N) is 4. The minimum atomic E-state index is -0.120. The molecule has 3 heterocycles. The van der Waals surface area contributed by atoms with E-state index < -0.39 is 0 Å². The Morgan fingerprint density at radius 1 is 1.23 bits per heavy atom. The molecule has 0 radical (unpaired) electrons. The molecule has 0 bridgehead atoms. The lowest BCUT2D eigenvalue weighted by atomic mass is 10.2. The quantitative estimate of drug-likeness (QED) is 0.568. The highest BCUT2D eigenvalue weighted by molar-refractivity contribution is 7.22. The lowest BCUT2D eigenvalue weighted by Gasteiger charge is -2.04. The van der Waals surface area contributed by atoms with Crippen LogP contribution in [0.15, 0.2) is 55.0 Å². The zero-order chi connectivity index (χ0) is 17.9. The molecule has 8 heteroatoms. The summed E-state index contributed by atoms with van der Waals surface area (Å²) in [7, 11) is 1.86. The maximum Gasteiger partial charge on any atom is 0.251 e. The molecule has 0 atom stereocenters. The monoisotopic (exact) mass is 364 g/mol. The number of thiazole rings is 1. The lowest BCUT2D eigenvalue weighted by Crippen LogP contribution is -2.22. The van der Waals surface area contributed by atoms with Gasteiger partial charge in [-0.3, -0.25) is 14.5 Å². The van der Waals surface area contributed by atoms with Gasteiger partial charge in [-0.1, -0.05) is 17.4 Å². The second kappa shape index (κ2) is 6.93. The van der Waals surface area contributed by atoms with Crippen LogP contribution in [0.2, 0.25) is 0 Å². The zero-order valence-electron chi connectivity index (χ0n) is 14.0. The largest absolute Gasteiger partial charge is 0.348 e. The van der Waals surface area contributed by atoms with Gasteiger partial charge in [-0.05, 0) is 29.8 Å². The molecular formula is C18H16N6OS. The van der Waals surface area contributed by atoms with E-state index >= 15 is 0 Å². The number of nitrogens with one attached hydrogen (secondary N) is 2. The van der Waals surface area contributed by atoms with Crippen LogP contribution in [0.4, 0.5) is 10.9 Å². The summed E-state index contributed by atoms with van der Waals surface area (Å²) >= 11 is 1.50. The molecule has 0 saturated carbocycles. The molecule has 1 aromatic carbocycles. The molecular weight excluding hydrogens is 348 g/mol. The Balaban J connectivity index is 1.50. The van der Waals surface area contributed by atoms with E-state index in [1.807, 2.05) is 37.4 Å². The molecule has 2 N–H and O–H groups in total. The number of hydrogen-bond acceptors (Lipinski definition) is 6. The summed E-state index contributed by atoms with van der Waals surface area (Å²) in [5, 5.41) is 11.0. The predicted octanol–water partition coefficient (Wildman–Crippen LogP) is 3.10. The number of carbonyl (C=O) groups is 1. The second-order valence-electron chi connectivity index (χ2n) is 5.71. The minimum Gasteiger partial charge on any atom is -0.348 e. The molecule has 0 spiro atoms. The lowest BCUT2D eigenvalue weighted by molar-refractivity contribution is 0.0951. The van der Waals surface area contributed by atoms with Gasteiger partial charge in [0.1, 0.15) is 5.82 Å². The SMILES string of the molecule is Cn1nccc1Nc1nc2ccc(C(=O)NCc3cccnc3)cc2s1. The van der Waals surface area contributed by atoms with Gasteiger partial charge in [0, 0.05) is 37.6 Å². The van der Waals surface area contributed by atoms with Crippen molar-refractivity contribution in [2.45, 2.75) is 6.54 Å². The molecule has 130 valence electrons. The van der Waals surface area contributed by atoms with E-state index in [1.54, 1.807) is 29.3 Å². The molecule has 3 aromatic heterocycles. The number of aromatic nitrogens is 4. The van der Waals surface area contributed by atoms with Crippen LogP contribution >= 0.6 is 11.3 Å². The van der Waals surface area contributed by atoms with Crippen molar-refractivity contribution < 1.29 is 4.79 Å².